The van der Waals surface area contributed by atoms with Crippen LogP contribution in [0.3, 0.4) is 0 Å². The first-order valence-corrected chi connectivity index (χ1v) is 15.5. The molecule has 2 aromatic carbocycles. The molecule has 4 heterocycles. The van der Waals surface area contributed by atoms with Gasteiger partial charge in [0.25, 0.3) is 0 Å². The van der Waals surface area contributed by atoms with Crippen molar-refractivity contribution in [2.45, 2.75) is 64.5 Å². The molecule has 2 saturated carbocycles. The number of hydrogen-bond donors (Lipinski definition) is 2. The number of aromatic amines is 2. The molecule has 2 atom stereocenters. The van der Waals surface area contributed by atoms with Gasteiger partial charge in [-0.2, -0.15) is 27.0 Å². The van der Waals surface area contributed by atoms with Gasteiger partial charge < -0.3 is 14.9 Å². The lowest BCUT2D eigenvalue weighted by molar-refractivity contribution is -0.130. The van der Waals surface area contributed by atoms with Crippen LogP contribution in [-0.4, -0.2) is 54.1 Å². The quantitative estimate of drug-likeness (QED) is 0.198. The van der Waals surface area contributed by atoms with Crippen molar-refractivity contribution in [2.75, 3.05) is 13.1 Å². The SMILES string of the molecule is CC(=O)N1CC2(CC2)C[C@H]1c1nc2ccc(C#Cc3ccc(-c4cnc([C@@H]5CC6(CC6)CN5C(C)=P)[nH]4)cc3)cc2[nH]1.S.S. The molecule has 0 unspecified atom stereocenters. The molecular formula is C34H39N6OPS2. The third-order valence-electron chi connectivity index (χ3n) is 10.0. The fourth-order valence-corrected chi connectivity index (χ4v) is 7.39. The molecule has 2 aliphatic heterocycles. The van der Waals surface area contributed by atoms with Gasteiger partial charge in [0, 0.05) is 36.6 Å². The van der Waals surface area contributed by atoms with Crippen molar-refractivity contribution >= 4 is 58.2 Å². The number of hydrogen-bond acceptors (Lipinski definition) is 3. The summed E-state index contributed by atoms with van der Waals surface area (Å²) >= 11 is 0. The molecule has 1 amide bonds. The first-order chi connectivity index (χ1) is 20.3. The number of rotatable bonds is 4. The predicted octanol–water partition coefficient (Wildman–Crippen LogP) is 6.47. The number of H-pyrrole nitrogens is 2. The van der Waals surface area contributed by atoms with Gasteiger partial charge >= 0.3 is 0 Å². The molecule has 2 saturated heterocycles. The Balaban J connectivity index is 0.00000171. The molecule has 4 aromatic rings. The highest BCUT2D eigenvalue weighted by Gasteiger charge is 2.54. The summed E-state index contributed by atoms with van der Waals surface area (Å²) in [6.45, 7) is 5.77. The molecule has 8 rings (SSSR count). The van der Waals surface area contributed by atoms with E-state index < -0.39 is 0 Å². The summed E-state index contributed by atoms with van der Waals surface area (Å²) in [7, 11) is 3.77. The molecular weight excluding hydrogens is 604 g/mol. The van der Waals surface area contributed by atoms with Gasteiger partial charge in [0.05, 0.1) is 35.0 Å². The summed E-state index contributed by atoms with van der Waals surface area (Å²) < 4.78 is 0. The second-order valence-corrected chi connectivity index (χ2v) is 13.9. The number of likely N-dealkylation sites (tertiary alicyclic amines) is 2. The van der Waals surface area contributed by atoms with E-state index in [1.165, 1.54) is 37.5 Å². The average Bonchev–Trinajstić information content (AvgIpc) is 3.59. The van der Waals surface area contributed by atoms with Crippen molar-refractivity contribution in [3.63, 3.8) is 0 Å². The third-order valence-corrected chi connectivity index (χ3v) is 10.3. The highest BCUT2D eigenvalue weighted by molar-refractivity contribution is 7.59. The van der Waals surface area contributed by atoms with Crippen LogP contribution in [0.15, 0.2) is 48.7 Å². The summed E-state index contributed by atoms with van der Waals surface area (Å²) in [4.78, 5) is 33.5. The summed E-state index contributed by atoms with van der Waals surface area (Å²) in [5, 5.41) is 0. The number of amides is 1. The Morgan fingerprint density at radius 2 is 1.48 bits per heavy atom. The van der Waals surface area contributed by atoms with Crippen LogP contribution in [0.2, 0.25) is 0 Å². The second kappa shape index (κ2) is 11.4. The number of aromatic nitrogens is 4. The fourth-order valence-electron chi connectivity index (χ4n) is 7.16. The minimum absolute atomic E-state index is 0. The fraction of sp³-hybridized carbons (Fsp3) is 0.412. The zero-order valence-electron chi connectivity index (χ0n) is 25.1. The van der Waals surface area contributed by atoms with E-state index >= 15 is 0 Å². The van der Waals surface area contributed by atoms with Gasteiger partial charge in [0.1, 0.15) is 11.6 Å². The van der Waals surface area contributed by atoms with E-state index in [-0.39, 0.29) is 38.9 Å². The number of nitrogens with one attached hydrogen (secondary N) is 2. The molecule has 2 aromatic heterocycles. The maximum atomic E-state index is 12.3. The largest absolute Gasteiger partial charge is 0.341 e. The normalized spacial score (nSPS) is 22.4. The summed E-state index contributed by atoms with van der Waals surface area (Å²) in [5.74, 6) is 8.69. The van der Waals surface area contributed by atoms with Gasteiger partial charge in [0.2, 0.25) is 5.91 Å². The van der Waals surface area contributed by atoms with Gasteiger partial charge in [-0.05, 0) is 92.2 Å². The number of imidazole rings is 2. The molecule has 10 heteroatoms. The molecule has 2 N–H and O–H groups in total. The number of carbonyl (C=O) groups excluding carboxylic acids is 1. The number of benzene rings is 2. The van der Waals surface area contributed by atoms with Crippen molar-refractivity contribution in [1.29, 1.82) is 0 Å². The van der Waals surface area contributed by atoms with Crippen molar-refractivity contribution in [3.05, 3.63) is 71.4 Å². The van der Waals surface area contributed by atoms with E-state index in [1.807, 2.05) is 23.2 Å². The Morgan fingerprint density at radius 3 is 2.11 bits per heavy atom. The zero-order chi connectivity index (χ0) is 28.6. The molecule has 2 spiro atoms. The standard InChI is InChI=1S/C34H35N6OP.2H2S/c1-21(41)39-19-33(11-12-33)17-30(39)32-36-26-10-7-24(15-27(26)37-32)4-3-23-5-8-25(9-6-23)28-18-35-31(38-28)29-16-34(13-14-34)20-40(29)22(2)42;;/h5-10,15,18,29-30,42H,11-14,16-17,19-20H2,1-2H3,(H,35,38)(H,36,37);2*1H2/t29-,30-;;/m0../s1. The maximum absolute atomic E-state index is 12.3. The van der Waals surface area contributed by atoms with Crippen LogP contribution in [0.1, 0.15) is 87.2 Å². The molecule has 4 fully saturated rings. The molecule has 4 aliphatic rings. The van der Waals surface area contributed by atoms with Gasteiger partial charge in [-0.3, -0.25) is 9.69 Å². The van der Waals surface area contributed by atoms with Gasteiger partial charge in [0.15, 0.2) is 0 Å². The Morgan fingerprint density at radius 1 is 0.864 bits per heavy atom. The lowest BCUT2D eigenvalue weighted by atomic mass is 10.0. The molecule has 228 valence electrons. The molecule has 0 bridgehead atoms. The maximum Gasteiger partial charge on any atom is 0.220 e. The Bertz CT molecular complexity index is 1810. The summed E-state index contributed by atoms with van der Waals surface area (Å²) in [6, 6.07) is 14.8. The van der Waals surface area contributed by atoms with Crippen molar-refractivity contribution in [2.24, 2.45) is 10.8 Å². The Kier molecular flexibility index (Phi) is 8.03. The third kappa shape index (κ3) is 5.63. The Hall–Kier alpha value is -3.02. The van der Waals surface area contributed by atoms with Crippen molar-refractivity contribution in [1.82, 2.24) is 29.7 Å². The number of fused-ring (bicyclic) bond motifs is 1. The number of carbonyl (C=O) groups is 1. The predicted molar refractivity (Wildman–Crippen MR) is 188 cm³/mol. The zero-order valence-corrected chi connectivity index (χ0v) is 28.1. The highest BCUT2D eigenvalue weighted by atomic mass is 32.1. The lowest BCUT2D eigenvalue weighted by Gasteiger charge is -2.22. The van der Waals surface area contributed by atoms with E-state index in [1.54, 1.807) is 6.92 Å². The second-order valence-electron chi connectivity index (χ2n) is 13.2. The van der Waals surface area contributed by atoms with E-state index in [4.69, 9.17) is 9.97 Å². The number of nitrogens with zero attached hydrogens (tertiary/aromatic N) is 4. The van der Waals surface area contributed by atoms with Gasteiger partial charge in [-0.1, -0.05) is 24.0 Å². The molecule has 2 aliphatic carbocycles. The highest BCUT2D eigenvalue weighted by Crippen LogP contribution is 2.59. The van der Waals surface area contributed by atoms with Crippen molar-refractivity contribution in [3.8, 4) is 23.1 Å². The van der Waals surface area contributed by atoms with E-state index in [0.29, 0.717) is 16.9 Å². The van der Waals surface area contributed by atoms with E-state index in [9.17, 15) is 4.79 Å². The van der Waals surface area contributed by atoms with Crippen LogP contribution >= 0.6 is 35.9 Å². The smallest absolute Gasteiger partial charge is 0.220 e. The minimum Gasteiger partial charge on any atom is -0.341 e. The first kappa shape index (κ1) is 31.0. The van der Waals surface area contributed by atoms with E-state index in [2.05, 4.69) is 72.8 Å². The van der Waals surface area contributed by atoms with Crippen LogP contribution in [0.4, 0.5) is 0 Å². The van der Waals surface area contributed by atoms with Crippen LogP contribution < -0.4 is 0 Å². The van der Waals surface area contributed by atoms with Crippen LogP contribution in [0.5, 0.6) is 0 Å². The van der Waals surface area contributed by atoms with E-state index in [0.717, 1.165) is 64.6 Å². The lowest BCUT2D eigenvalue weighted by Crippen LogP contribution is -2.29. The van der Waals surface area contributed by atoms with Crippen LogP contribution in [0.25, 0.3) is 22.3 Å². The summed E-state index contributed by atoms with van der Waals surface area (Å²) in [6.07, 6.45) is 9.21. The Labute approximate surface area is 274 Å². The minimum atomic E-state index is 0. The topological polar surface area (TPSA) is 80.9 Å². The first-order valence-electron chi connectivity index (χ1n) is 15.0. The van der Waals surface area contributed by atoms with Crippen LogP contribution in [-0.2, 0) is 4.79 Å². The van der Waals surface area contributed by atoms with Crippen LogP contribution in [0, 0.1) is 22.7 Å². The molecule has 7 nitrogen and oxygen atoms in total. The molecule has 0 radical (unpaired) electrons. The van der Waals surface area contributed by atoms with Crippen molar-refractivity contribution < 1.29 is 4.79 Å². The average molecular weight is 643 g/mol. The summed E-state index contributed by atoms with van der Waals surface area (Å²) in [5.41, 5.74) is 7.90. The molecule has 44 heavy (non-hydrogen) atoms. The van der Waals surface area contributed by atoms with Gasteiger partial charge in [-0.15, -0.1) is 8.86 Å². The van der Waals surface area contributed by atoms with Gasteiger partial charge in [-0.25, -0.2) is 9.97 Å². The monoisotopic (exact) mass is 642 g/mol.